The predicted molar refractivity (Wildman–Crippen MR) is 267 cm³/mol. The van der Waals surface area contributed by atoms with Crippen LogP contribution in [0.15, 0.2) is 48.2 Å². The van der Waals surface area contributed by atoms with Crippen molar-refractivity contribution in [2.45, 2.75) is 171 Å². The van der Waals surface area contributed by atoms with Crippen molar-refractivity contribution in [2.75, 3.05) is 13.7 Å². The predicted octanol–water partition coefficient (Wildman–Crippen LogP) is 8.46. The van der Waals surface area contributed by atoms with E-state index >= 15 is 4.79 Å². The number of nitrogens with zero attached hydrogens (tertiary/aromatic N) is 3. The molecule has 14 atom stereocenters. The van der Waals surface area contributed by atoms with E-state index < -0.39 is 72.5 Å². The number of esters is 5. The Morgan fingerprint density at radius 1 is 0.770 bits per heavy atom. The zero-order chi connectivity index (χ0) is 53.9. The number of aromatic nitrogens is 3. The van der Waals surface area contributed by atoms with Crippen molar-refractivity contribution in [3.8, 4) is 5.75 Å². The van der Waals surface area contributed by atoms with E-state index in [1.807, 2.05) is 43.3 Å². The topological polar surface area (TPSA) is 215 Å². The number of carbonyl (C=O) groups is 7. The second kappa shape index (κ2) is 20.1. The molecule has 4 saturated carbocycles. The number of benzene rings is 1. The molecule has 8 rings (SSSR count). The van der Waals surface area contributed by atoms with Gasteiger partial charge in [0.05, 0.1) is 18.7 Å². The van der Waals surface area contributed by atoms with Crippen LogP contribution in [0.1, 0.15) is 151 Å². The highest BCUT2D eigenvalue weighted by Crippen LogP contribution is 2.75. The number of ether oxygens (including phenoxy) is 7. The van der Waals surface area contributed by atoms with Gasteiger partial charge in [0.25, 0.3) is 0 Å². The van der Waals surface area contributed by atoms with Crippen LogP contribution in [-0.4, -0.2) is 94.5 Å². The Bertz CT molecular complexity index is 2620. The summed E-state index contributed by atoms with van der Waals surface area (Å²) in [5.74, 6) is -2.52. The second-order valence-corrected chi connectivity index (χ2v) is 24.0. The smallest absolute Gasteiger partial charge is 0.312 e. The average Bonchev–Trinajstić information content (AvgIpc) is 3.80. The van der Waals surface area contributed by atoms with Crippen LogP contribution < -0.4 is 4.74 Å². The maximum absolute atomic E-state index is 15.2. The minimum absolute atomic E-state index is 0.0365. The van der Waals surface area contributed by atoms with Crippen molar-refractivity contribution in [1.82, 2.24) is 15.0 Å². The third-order valence-electron chi connectivity index (χ3n) is 19.1. The number of allylic oxidation sites excluding steroid dienone is 3. The monoisotopic (exact) mass is 1030 g/mol. The molecule has 0 spiro atoms. The fourth-order valence-electron chi connectivity index (χ4n) is 15.1. The molecule has 0 bridgehead atoms. The molecule has 1 saturated heterocycles. The molecule has 2 heterocycles. The van der Waals surface area contributed by atoms with Crippen LogP contribution in [0.5, 0.6) is 5.75 Å². The van der Waals surface area contributed by atoms with Gasteiger partial charge in [0, 0.05) is 39.5 Å². The van der Waals surface area contributed by atoms with E-state index in [0.717, 1.165) is 76.2 Å². The zero-order valence-corrected chi connectivity index (χ0v) is 45.2. The van der Waals surface area contributed by atoms with E-state index in [2.05, 4.69) is 51.9 Å². The van der Waals surface area contributed by atoms with E-state index in [-0.39, 0.29) is 74.6 Å². The van der Waals surface area contributed by atoms with Crippen molar-refractivity contribution in [1.29, 1.82) is 0 Å². The first-order valence-corrected chi connectivity index (χ1v) is 26.2. The lowest BCUT2D eigenvalue weighted by Crippen LogP contribution is -2.66. The van der Waals surface area contributed by atoms with Crippen LogP contribution in [0.2, 0.25) is 0 Å². The summed E-state index contributed by atoms with van der Waals surface area (Å²) in [6.07, 6.45) is 7.48. The lowest BCUT2D eigenvalue weighted by Gasteiger charge is -2.70. The van der Waals surface area contributed by atoms with Crippen molar-refractivity contribution >= 4 is 47.5 Å². The first kappa shape index (κ1) is 54.5. The Balaban J connectivity index is 0.994. The Morgan fingerprint density at radius 3 is 2.07 bits per heavy atom. The Kier molecular flexibility index (Phi) is 14.8. The molecule has 74 heavy (non-hydrogen) atoms. The van der Waals surface area contributed by atoms with E-state index in [4.69, 9.17) is 33.2 Å². The molecule has 17 heteroatoms. The fraction of sp³-hybridized carbons (Fsp3) is 0.667. The normalized spacial score (nSPS) is 37.1. The van der Waals surface area contributed by atoms with Gasteiger partial charge in [-0.2, -0.15) is 0 Å². The Morgan fingerprint density at radius 2 is 1.42 bits per heavy atom. The first-order chi connectivity index (χ1) is 34.7. The number of carbonyl (C=O) groups excluding carboxylic acids is 7. The van der Waals surface area contributed by atoms with E-state index in [9.17, 15) is 28.8 Å². The largest absolute Gasteiger partial charge is 0.497 e. The molecule has 1 aromatic carbocycles. The van der Waals surface area contributed by atoms with Crippen molar-refractivity contribution in [3.05, 3.63) is 59.4 Å². The van der Waals surface area contributed by atoms with Gasteiger partial charge in [0.2, 0.25) is 0 Å². The summed E-state index contributed by atoms with van der Waals surface area (Å²) in [6.45, 7) is 19.8. The number of hydrogen-bond donors (Lipinski definition) is 0. The highest BCUT2D eigenvalue weighted by Gasteiger charge is 2.70. The SMILES string of the molecule is COc1ccc(/C=C/C(=O)[C@H]2CC[C@@]3(C)C(CC[C@]4(C)[C@@H]3C(=O)C=C3[C@H]5C[C@@](C)(C(=O)OCc6cn(C7O[C@@H](COC(C)=O)[C@H](OC(C)=O)[C@@H](OC(C)=O)[C@@H]7OC(C)=O)nn6)CC[C@]5(C)CC[C@]34C)C2(C)C)cc1. The van der Waals surface area contributed by atoms with Gasteiger partial charge in [0.15, 0.2) is 36.1 Å². The van der Waals surface area contributed by atoms with Crippen LogP contribution in [-0.2, 0) is 68.6 Å². The zero-order valence-electron chi connectivity index (χ0n) is 45.2. The molecule has 5 aliphatic carbocycles. The summed E-state index contributed by atoms with van der Waals surface area (Å²) in [4.78, 5) is 92.6. The maximum Gasteiger partial charge on any atom is 0.312 e. The van der Waals surface area contributed by atoms with Crippen LogP contribution >= 0.6 is 0 Å². The summed E-state index contributed by atoms with van der Waals surface area (Å²) in [5, 5.41) is 8.45. The molecule has 17 nitrogen and oxygen atoms in total. The van der Waals surface area contributed by atoms with Crippen molar-refractivity contribution < 1.29 is 66.7 Å². The lowest BCUT2D eigenvalue weighted by atomic mass is 9.33. The molecule has 6 aliphatic rings. The molecule has 1 aromatic heterocycles. The van der Waals surface area contributed by atoms with Crippen LogP contribution in [0.25, 0.3) is 6.08 Å². The fourth-order valence-corrected chi connectivity index (χ4v) is 15.1. The summed E-state index contributed by atoms with van der Waals surface area (Å²) < 4.78 is 40.7. The van der Waals surface area contributed by atoms with E-state index in [0.29, 0.717) is 19.3 Å². The third-order valence-corrected chi connectivity index (χ3v) is 19.1. The molecular formula is C57H75N3O14. The van der Waals surface area contributed by atoms with Gasteiger partial charge < -0.3 is 33.2 Å². The van der Waals surface area contributed by atoms with Gasteiger partial charge >= 0.3 is 29.8 Å². The molecule has 2 unspecified atom stereocenters. The van der Waals surface area contributed by atoms with Gasteiger partial charge in [0.1, 0.15) is 30.8 Å². The van der Waals surface area contributed by atoms with Gasteiger partial charge in [-0.3, -0.25) is 33.6 Å². The number of ketones is 2. The highest BCUT2D eigenvalue weighted by atomic mass is 16.7. The maximum atomic E-state index is 15.2. The minimum atomic E-state index is -1.41. The number of rotatable bonds is 13. The second-order valence-electron chi connectivity index (χ2n) is 24.0. The highest BCUT2D eigenvalue weighted by molar-refractivity contribution is 5.97. The summed E-state index contributed by atoms with van der Waals surface area (Å²) in [6, 6.07) is 7.66. The molecule has 0 N–H and O–H groups in total. The van der Waals surface area contributed by atoms with Crippen LogP contribution in [0.3, 0.4) is 0 Å². The minimum Gasteiger partial charge on any atom is -0.497 e. The van der Waals surface area contributed by atoms with Crippen molar-refractivity contribution in [3.63, 3.8) is 0 Å². The van der Waals surface area contributed by atoms with Gasteiger partial charge in [-0.25, -0.2) is 4.68 Å². The van der Waals surface area contributed by atoms with Crippen molar-refractivity contribution in [2.24, 2.45) is 56.2 Å². The average molecular weight is 1030 g/mol. The summed E-state index contributed by atoms with van der Waals surface area (Å²) >= 11 is 0. The lowest BCUT2D eigenvalue weighted by molar-refractivity contribution is -0.270. The summed E-state index contributed by atoms with van der Waals surface area (Å²) in [7, 11) is 1.63. The number of hydrogen-bond acceptors (Lipinski definition) is 16. The van der Waals surface area contributed by atoms with Crippen LogP contribution in [0.4, 0.5) is 0 Å². The summed E-state index contributed by atoms with van der Waals surface area (Å²) in [5.41, 5.74) is 0.0478. The molecule has 0 amide bonds. The molecular weight excluding hydrogens is 951 g/mol. The Labute approximate surface area is 434 Å². The number of methoxy groups -OCH3 is 1. The molecule has 402 valence electrons. The van der Waals surface area contributed by atoms with Gasteiger partial charge in [-0.15, -0.1) is 5.10 Å². The van der Waals surface area contributed by atoms with Gasteiger partial charge in [-0.05, 0) is 133 Å². The quantitative estimate of drug-likeness (QED) is 0.104. The molecule has 1 aliphatic heterocycles. The van der Waals surface area contributed by atoms with E-state index in [1.54, 1.807) is 13.2 Å². The van der Waals surface area contributed by atoms with Gasteiger partial charge in [-0.1, -0.05) is 70.5 Å². The molecule has 0 radical (unpaired) electrons. The number of fused-ring (bicyclic) bond motifs is 7. The third kappa shape index (κ3) is 9.74. The van der Waals surface area contributed by atoms with E-state index in [1.165, 1.54) is 17.8 Å². The molecule has 5 fully saturated rings. The van der Waals surface area contributed by atoms with Crippen LogP contribution in [0, 0.1) is 56.2 Å². The molecule has 2 aromatic rings. The first-order valence-electron chi connectivity index (χ1n) is 26.2. The Hall–Kier alpha value is -5.71. The standard InChI is InChI=1S/C57H75N3O14/c1-32(61)69-31-44-46(71-33(2)62)47(72-34(3)63)48(73-35(4)64)50(74-44)60-29-37(58-59-60)30-70-51(67)54(8)24-23-53(7)25-26-56(10)40(41(53)28-54)27-43(66)49-55(9)21-19-39(52(5,6)45(55)20-22-57(49,56)11)42(65)18-15-36-13-16-38(68-12)17-14-36/h13-18,27,29,39,41,44-50H,19-26,28,30-31H2,1-12H3/b18-15+/t39-,41-,44+,45?,46+,47-,48+,49-,50?,53-,54+,55+,56-,57-/m1/s1.